The first-order valence-electron chi connectivity index (χ1n) is 7.76. The number of rotatable bonds is 2. The van der Waals surface area contributed by atoms with E-state index in [9.17, 15) is 9.18 Å². The standard InChI is InChI=1S/C18H16FN3O/c19-14-6-3-12(4-7-14)17-20-15-8-5-13(11-16(15)21-17)18(23)22-9-1-2-10-22/h3-8,11H,1-2,9-10H2,(H,20,21). The molecule has 0 atom stereocenters. The minimum atomic E-state index is -0.275. The maximum Gasteiger partial charge on any atom is 0.253 e. The number of halogens is 1. The zero-order chi connectivity index (χ0) is 15.8. The number of likely N-dealkylation sites (tertiary alicyclic amines) is 1. The van der Waals surface area contributed by atoms with Crippen molar-refractivity contribution in [2.24, 2.45) is 0 Å². The van der Waals surface area contributed by atoms with E-state index in [2.05, 4.69) is 9.97 Å². The van der Waals surface area contributed by atoms with Crippen LogP contribution in [0, 0.1) is 5.82 Å². The van der Waals surface area contributed by atoms with Crippen molar-refractivity contribution >= 4 is 16.9 Å². The van der Waals surface area contributed by atoms with E-state index < -0.39 is 0 Å². The lowest BCUT2D eigenvalue weighted by Gasteiger charge is -2.14. The second kappa shape index (κ2) is 5.50. The lowest BCUT2D eigenvalue weighted by atomic mass is 10.2. The molecular weight excluding hydrogens is 293 g/mol. The highest BCUT2D eigenvalue weighted by Gasteiger charge is 2.20. The Morgan fingerprint density at radius 3 is 2.57 bits per heavy atom. The van der Waals surface area contributed by atoms with E-state index in [1.807, 2.05) is 23.1 Å². The van der Waals surface area contributed by atoms with Crippen LogP contribution in [0.15, 0.2) is 42.5 Å². The Kier molecular flexibility index (Phi) is 3.33. The third-order valence-corrected chi connectivity index (χ3v) is 4.24. The van der Waals surface area contributed by atoms with Crippen LogP contribution in [0.2, 0.25) is 0 Å². The first-order chi connectivity index (χ1) is 11.2. The number of fused-ring (bicyclic) bond motifs is 1. The number of carbonyl (C=O) groups is 1. The predicted octanol–water partition coefficient (Wildman–Crippen LogP) is 3.61. The molecule has 0 unspecified atom stereocenters. The highest BCUT2D eigenvalue weighted by Crippen LogP contribution is 2.22. The van der Waals surface area contributed by atoms with Crippen molar-refractivity contribution in [3.63, 3.8) is 0 Å². The van der Waals surface area contributed by atoms with Crippen LogP contribution in [0.4, 0.5) is 4.39 Å². The van der Waals surface area contributed by atoms with Crippen molar-refractivity contribution < 1.29 is 9.18 Å². The Morgan fingerprint density at radius 2 is 1.83 bits per heavy atom. The van der Waals surface area contributed by atoms with Gasteiger partial charge in [0.15, 0.2) is 0 Å². The summed E-state index contributed by atoms with van der Waals surface area (Å²) in [4.78, 5) is 22.1. The number of hydrogen-bond acceptors (Lipinski definition) is 2. The first kappa shape index (κ1) is 13.9. The van der Waals surface area contributed by atoms with Crippen LogP contribution in [0.3, 0.4) is 0 Å². The van der Waals surface area contributed by atoms with Gasteiger partial charge in [0.25, 0.3) is 5.91 Å². The third kappa shape index (κ3) is 2.59. The molecule has 116 valence electrons. The molecular formula is C18H16FN3O. The van der Waals surface area contributed by atoms with Gasteiger partial charge in [-0.15, -0.1) is 0 Å². The molecule has 0 spiro atoms. The molecule has 1 amide bonds. The van der Waals surface area contributed by atoms with Gasteiger partial charge >= 0.3 is 0 Å². The van der Waals surface area contributed by atoms with Crippen LogP contribution < -0.4 is 0 Å². The Labute approximate surface area is 133 Å². The third-order valence-electron chi connectivity index (χ3n) is 4.24. The maximum atomic E-state index is 13.0. The number of aromatic nitrogens is 2. The summed E-state index contributed by atoms with van der Waals surface area (Å²) in [7, 11) is 0. The van der Waals surface area contributed by atoms with Crippen molar-refractivity contribution in [2.75, 3.05) is 13.1 Å². The number of benzene rings is 2. The number of imidazole rings is 1. The smallest absolute Gasteiger partial charge is 0.253 e. The van der Waals surface area contributed by atoms with E-state index >= 15 is 0 Å². The van der Waals surface area contributed by atoms with Gasteiger partial charge in [0.05, 0.1) is 11.0 Å². The van der Waals surface area contributed by atoms with E-state index in [0.717, 1.165) is 42.5 Å². The molecule has 1 N–H and O–H groups in total. The topological polar surface area (TPSA) is 49.0 Å². The largest absolute Gasteiger partial charge is 0.339 e. The SMILES string of the molecule is O=C(c1ccc2nc(-c3ccc(F)cc3)[nH]c2c1)N1CCCC1. The molecule has 0 radical (unpaired) electrons. The predicted molar refractivity (Wildman–Crippen MR) is 86.6 cm³/mol. The molecule has 4 nitrogen and oxygen atoms in total. The molecule has 1 aliphatic heterocycles. The van der Waals surface area contributed by atoms with Gasteiger partial charge in [0, 0.05) is 24.2 Å². The average molecular weight is 309 g/mol. The summed E-state index contributed by atoms with van der Waals surface area (Å²) < 4.78 is 13.0. The molecule has 1 aliphatic rings. The lowest BCUT2D eigenvalue weighted by Crippen LogP contribution is -2.27. The summed E-state index contributed by atoms with van der Waals surface area (Å²) in [6.07, 6.45) is 2.15. The Balaban J connectivity index is 1.69. The van der Waals surface area contributed by atoms with E-state index in [1.165, 1.54) is 12.1 Å². The number of carbonyl (C=O) groups excluding carboxylic acids is 1. The van der Waals surface area contributed by atoms with E-state index in [4.69, 9.17) is 0 Å². The van der Waals surface area contributed by atoms with Crippen molar-refractivity contribution in [2.45, 2.75) is 12.8 Å². The molecule has 4 rings (SSSR count). The van der Waals surface area contributed by atoms with Crippen LogP contribution in [0.5, 0.6) is 0 Å². The van der Waals surface area contributed by atoms with Crippen LogP contribution in [-0.4, -0.2) is 33.9 Å². The Hall–Kier alpha value is -2.69. The molecule has 5 heteroatoms. The monoisotopic (exact) mass is 309 g/mol. The van der Waals surface area contributed by atoms with Gasteiger partial charge in [-0.2, -0.15) is 0 Å². The normalized spacial score (nSPS) is 14.6. The fourth-order valence-electron chi connectivity index (χ4n) is 2.99. The summed E-state index contributed by atoms with van der Waals surface area (Å²) in [5, 5.41) is 0. The van der Waals surface area contributed by atoms with Crippen LogP contribution in [0.25, 0.3) is 22.4 Å². The number of H-pyrrole nitrogens is 1. The van der Waals surface area contributed by atoms with Crippen LogP contribution in [-0.2, 0) is 0 Å². The summed E-state index contributed by atoms with van der Waals surface area (Å²) in [5.41, 5.74) is 3.10. The van der Waals surface area contributed by atoms with Crippen molar-refractivity contribution in [1.82, 2.24) is 14.9 Å². The molecule has 23 heavy (non-hydrogen) atoms. The summed E-state index contributed by atoms with van der Waals surface area (Å²) in [6, 6.07) is 11.7. The highest BCUT2D eigenvalue weighted by atomic mass is 19.1. The second-order valence-corrected chi connectivity index (χ2v) is 5.82. The van der Waals surface area contributed by atoms with Crippen molar-refractivity contribution in [1.29, 1.82) is 0 Å². The minimum absolute atomic E-state index is 0.0716. The number of aromatic amines is 1. The van der Waals surface area contributed by atoms with E-state index in [1.54, 1.807) is 12.1 Å². The molecule has 0 bridgehead atoms. The Bertz CT molecular complexity index is 864. The highest BCUT2D eigenvalue weighted by molar-refractivity contribution is 5.97. The van der Waals surface area contributed by atoms with Crippen molar-refractivity contribution in [3.05, 3.63) is 53.8 Å². The zero-order valence-electron chi connectivity index (χ0n) is 12.6. The van der Waals surface area contributed by atoms with Crippen LogP contribution in [0.1, 0.15) is 23.2 Å². The summed E-state index contributed by atoms with van der Waals surface area (Å²) >= 11 is 0. The van der Waals surface area contributed by atoms with E-state index in [0.29, 0.717) is 11.4 Å². The van der Waals surface area contributed by atoms with E-state index in [-0.39, 0.29) is 11.7 Å². The molecule has 0 aliphatic carbocycles. The average Bonchev–Trinajstić information content (AvgIpc) is 3.23. The fraction of sp³-hybridized carbons (Fsp3) is 0.222. The van der Waals surface area contributed by atoms with Gasteiger partial charge in [-0.1, -0.05) is 0 Å². The molecule has 3 aromatic rings. The molecule has 0 saturated carbocycles. The molecule has 2 aromatic carbocycles. The van der Waals surface area contributed by atoms with Gasteiger partial charge in [-0.25, -0.2) is 9.37 Å². The van der Waals surface area contributed by atoms with Crippen LogP contribution >= 0.6 is 0 Å². The number of nitrogens with one attached hydrogen (secondary N) is 1. The van der Waals surface area contributed by atoms with Gasteiger partial charge in [0.2, 0.25) is 0 Å². The minimum Gasteiger partial charge on any atom is -0.339 e. The molecule has 1 fully saturated rings. The van der Waals surface area contributed by atoms with Crippen molar-refractivity contribution in [3.8, 4) is 11.4 Å². The van der Waals surface area contributed by atoms with Gasteiger partial charge in [-0.3, -0.25) is 4.79 Å². The first-order valence-corrected chi connectivity index (χ1v) is 7.76. The lowest BCUT2D eigenvalue weighted by molar-refractivity contribution is 0.0793. The van der Waals surface area contributed by atoms with Gasteiger partial charge in [-0.05, 0) is 55.3 Å². The number of amides is 1. The molecule has 1 aromatic heterocycles. The van der Waals surface area contributed by atoms with Gasteiger partial charge in [0.1, 0.15) is 11.6 Å². The number of hydrogen-bond donors (Lipinski definition) is 1. The van der Waals surface area contributed by atoms with Gasteiger partial charge < -0.3 is 9.88 Å². The zero-order valence-corrected chi connectivity index (χ0v) is 12.6. The fourth-order valence-corrected chi connectivity index (χ4v) is 2.99. The summed E-state index contributed by atoms with van der Waals surface area (Å²) in [5.74, 6) is 0.469. The molecule has 1 saturated heterocycles. The molecule has 2 heterocycles. The quantitative estimate of drug-likeness (QED) is 0.786. The number of nitrogens with zero attached hydrogens (tertiary/aromatic N) is 2. The second-order valence-electron chi connectivity index (χ2n) is 5.82. The Morgan fingerprint density at radius 1 is 1.09 bits per heavy atom. The summed E-state index contributed by atoms with van der Waals surface area (Å²) in [6.45, 7) is 1.67. The maximum absolute atomic E-state index is 13.0.